The third kappa shape index (κ3) is 3.95. The van der Waals surface area contributed by atoms with E-state index in [0.717, 1.165) is 54.2 Å². The van der Waals surface area contributed by atoms with Crippen LogP contribution in [-0.4, -0.2) is 53.3 Å². The van der Waals surface area contributed by atoms with Gasteiger partial charge in [-0.1, -0.05) is 12.1 Å². The Morgan fingerprint density at radius 3 is 2.47 bits per heavy atom. The minimum absolute atomic E-state index is 0.0648. The van der Waals surface area contributed by atoms with Gasteiger partial charge in [0.15, 0.2) is 5.11 Å². The number of aryl methyl sites for hydroxylation is 1. The number of nitrogens with zero attached hydrogens (tertiary/aromatic N) is 5. The zero-order chi connectivity index (χ0) is 23.9. The molecule has 7 heteroatoms. The van der Waals surface area contributed by atoms with Crippen LogP contribution in [0.5, 0.6) is 0 Å². The van der Waals surface area contributed by atoms with E-state index in [1.165, 1.54) is 31.5 Å². The van der Waals surface area contributed by atoms with Gasteiger partial charge in [0.25, 0.3) is 5.91 Å². The largest absolute Gasteiger partial charge is 0.306 e. The van der Waals surface area contributed by atoms with Crippen LogP contribution in [0, 0.1) is 12.8 Å². The van der Waals surface area contributed by atoms with E-state index < -0.39 is 5.54 Å². The average molecular weight is 476 g/mol. The van der Waals surface area contributed by atoms with Crippen LogP contribution < -0.4 is 9.80 Å². The number of pyridine rings is 1. The molecule has 2 aliphatic heterocycles. The van der Waals surface area contributed by atoms with Gasteiger partial charge in [0.05, 0.1) is 24.1 Å². The summed E-state index contributed by atoms with van der Waals surface area (Å²) < 4.78 is 0. The van der Waals surface area contributed by atoms with Gasteiger partial charge in [-0.2, -0.15) is 0 Å². The number of piperidine rings is 1. The number of benzene rings is 1. The summed E-state index contributed by atoms with van der Waals surface area (Å²) in [5, 5.41) is 0.545. The van der Waals surface area contributed by atoms with Crippen LogP contribution in [-0.2, 0) is 17.8 Å². The van der Waals surface area contributed by atoms with Crippen molar-refractivity contribution < 1.29 is 4.79 Å². The molecule has 1 aliphatic carbocycles. The molecule has 178 valence electrons. The zero-order valence-corrected chi connectivity index (χ0v) is 21.0. The highest BCUT2D eigenvalue weighted by atomic mass is 32.1. The van der Waals surface area contributed by atoms with Crippen molar-refractivity contribution in [3.05, 3.63) is 53.3 Å². The Morgan fingerprint density at radius 2 is 1.88 bits per heavy atom. The second-order valence-electron chi connectivity index (χ2n) is 10.1. The van der Waals surface area contributed by atoms with E-state index in [4.69, 9.17) is 12.2 Å². The zero-order valence-electron chi connectivity index (χ0n) is 20.2. The van der Waals surface area contributed by atoms with Gasteiger partial charge in [0.2, 0.25) is 0 Å². The molecule has 0 unspecified atom stereocenters. The van der Waals surface area contributed by atoms with Crippen LogP contribution in [0.4, 0.5) is 11.4 Å². The fourth-order valence-corrected chi connectivity index (χ4v) is 6.04. The Bertz CT molecular complexity index is 1100. The van der Waals surface area contributed by atoms with Gasteiger partial charge in [-0.15, -0.1) is 0 Å². The van der Waals surface area contributed by atoms with Crippen molar-refractivity contribution in [1.29, 1.82) is 0 Å². The standard InChI is InChI=1S/C27H33N5OS/c1-19-15-23(17-29-24(19)18-28-2)31-25(33)27(11-4-12-27)32(26(31)34)22-7-5-20(6-8-22)16-21-9-13-30(3)14-10-21/h5-8,15,17,21H,2,4,9-14,16,18H2,1,3H3. The van der Waals surface area contributed by atoms with Crippen molar-refractivity contribution in [2.75, 3.05) is 29.9 Å². The molecule has 1 spiro atoms. The number of likely N-dealkylation sites (tertiary alicyclic amines) is 1. The van der Waals surface area contributed by atoms with Crippen LogP contribution in [0.2, 0.25) is 0 Å². The number of rotatable bonds is 6. The molecule has 5 rings (SSSR count). The molecule has 0 bridgehead atoms. The molecular weight excluding hydrogens is 442 g/mol. The van der Waals surface area contributed by atoms with E-state index in [0.29, 0.717) is 11.7 Å². The Morgan fingerprint density at radius 1 is 1.18 bits per heavy atom. The molecule has 0 radical (unpaired) electrons. The number of hydrogen-bond acceptors (Lipinski definition) is 5. The molecule has 6 nitrogen and oxygen atoms in total. The monoisotopic (exact) mass is 475 g/mol. The number of thiocarbonyl (C=S) groups is 1. The van der Waals surface area contributed by atoms with Gasteiger partial charge in [-0.25, -0.2) is 0 Å². The number of hydrogen-bond donors (Lipinski definition) is 0. The van der Waals surface area contributed by atoms with Crippen molar-refractivity contribution in [2.24, 2.45) is 10.9 Å². The maximum atomic E-state index is 13.7. The maximum absolute atomic E-state index is 13.7. The molecule has 1 aromatic carbocycles. The lowest BCUT2D eigenvalue weighted by atomic mass is 9.75. The molecule has 1 amide bonds. The number of aromatic nitrogens is 1. The van der Waals surface area contributed by atoms with Crippen LogP contribution in [0.3, 0.4) is 0 Å². The molecule has 34 heavy (non-hydrogen) atoms. The first-order valence-corrected chi connectivity index (χ1v) is 12.7. The molecule has 3 aliphatic rings. The first kappa shape index (κ1) is 23.1. The molecule has 1 aromatic heterocycles. The Kier molecular flexibility index (Phi) is 6.25. The van der Waals surface area contributed by atoms with Crippen molar-refractivity contribution in [2.45, 2.75) is 57.5 Å². The second kappa shape index (κ2) is 9.19. The Balaban J connectivity index is 1.39. The number of aliphatic imine (C=N–C) groups is 1. The van der Waals surface area contributed by atoms with Crippen molar-refractivity contribution >= 4 is 41.3 Å². The topological polar surface area (TPSA) is 52.0 Å². The molecule has 1 saturated carbocycles. The third-order valence-corrected chi connectivity index (χ3v) is 8.21. The molecule has 2 aromatic rings. The summed E-state index contributed by atoms with van der Waals surface area (Å²) >= 11 is 5.92. The highest BCUT2D eigenvalue weighted by Gasteiger charge is 2.59. The summed E-state index contributed by atoms with van der Waals surface area (Å²) in [5.41, 5.74) is 4.38. The first-order chi connectivity index (χ1) is 16.4. The maximum Gasteiger partial charge on any atom is 0.259 e. The summed E-state index contributed by atoms with van der Waals surface area (Å²) in [7, 11) is 2.20. The summed E-state index contributed by atoms with van der Waals surface area (Å²) in [6.45, 7) is 8.38. The van der Waals surface area contributed by atoms with Gasteiger partial charge in [0.1, 0.15) is 5.54 Å². The number of anilines is 2. The van der Waals surface area contributed by atoms with E-state index in [-0.39, 0.29) is 5.91 Å². The Labute approximate surface area is 207 Å². The van der Waals surface area contributed by atoms with Crippen LogP contribution in [0.1, 0.15) is 48.9 Å². The average Bonchev–Trinajstić information content (AvgIpc) is 3.04. The third-order valence-electron chi connectivity index (χ3n) is 7.84. The fraction of sp³-hybridized carbons (Fsp3) is 0.481. The molecule has 3 heterocycles. The minimum Gasteiger partial charge on any atom is -0.306 e. The van der Waals surface area contributed by atoms with E-state index in [1.807, 2.05) is 13.0 Å². The summed E-state index contributed by atoms with van der Waals surface area (Å²) in [4.78, 5) is 28.4. The normalized spacial score (nSPS) is 20.8. The lowest BCUT2D eigenvalue weighted by Crippen LogP contribution is -2.55. The summed E-state index contributed by atoms with van der Waals surface area (Å²) in [6.07, 6.45) is 8.06. The molecule has 0 atom stereocenters. The van der Waals surface area contributed by atoms with E-state index in [1.54, 1.807) is 11.1 Å². The Hall–Kier alpha value is -2.64. The van der Waals surface area contributed by atoms with E-state index >= 15 is 0 Å². The highest BCUT2D eigenvalue weighted by molar-refractivity contribution is 7.81. The second-order valence-corrected chi connectivity index (χ2v) is 10.5. The number of carbonyl (C=O) groups excluding carboxylic acids is 1. The lowest BCUT2D eigenvalue weighted by Gasteiger charge is -2.43. The van der Waals surface area contributed by atoms with Crippen molar-refractivity contribution in [3.8, 4) is 0 Å². The molecule has 2 saturated heterocycles. The van der Waals surface area contributed by atoms with Crippen molar-refractivity contribution in [3.63, 3.8) is 0 Å². The van der Waals surface area contributed by atoms with Gasteiger partial charge < -0.3 is 9.80 Å². The quantitative estimate of drug-likeness (QED) is 0.454. The summed E-state index contributed by atoms with van der Waals surface area (Å²) in [6, 6.07) is 10.7. The van der Waals surface area contributed by atoms with Crippen LogP contribution in [0.15, 0.2) is 41.5 Å². The molecule has 3 fully saturated rings. The first-order valence-electron chi connectivity index (χ1n) is 12.3. The van der Waals surface area contributed by atoms with Crippen LogP contribution >= 0.6 is 12.2 Å². The number of amides is 1. The van der Waals surface area contributed by atoms with Crippen LogP contribution in [0.25, 0.3) is 0 Å². The minimum atomic E-state index is -0.568. The van der Waals surface area contributed by atoms with E-state index in [2.05, 4.69) is 57.8 Å². The van der Waals surface area contributed by atoms with Gasteiger partial charge in [0, 0.05) is 5.69 Å². The molecule has 0 N–H and O–H groups in total. The SMILES string of the molecule is C=NCc1ncc(N2C(=O)C3(CCC3)N(c3ccc(CC4CCN(C)CC4)cc3)C2=S)cc1C. The van der Waals surface area contributed by atoms with Gasteiger partial charge in [-0.3, -0.25) is 19.7 Å². The predicted molar refractivity (Wildman–Crippen MR) is 142 cm³/mol. The van der Waals surface area contributed by atoms with Gasteiger partial charge >= 0.3 is 0 Å². The van der Waals surface area contributed by atoms with E-state index in [9.17, 15) is 4.79 Å². The lowest BCUT2D eigenvalue weighted by molar-refractivity contribution is -0.123. The number of carbonyl (C=O) groups is 1. The predicted octanol–water partition coefficient (Wildman–Crippen LogP) is 4.54. The fourth-order valence-electron chi connectivity index (χ4n) is 5.57. The van der Waals surface area contributed by atoms with Gasteiger partial charge in [-0.05, 0) is 120 Å². The molecular formula is C27H33N5OS. The van der Waals surface area contributed by atoms with Crippen molar-refractivity contribution in [1.82, 2.24) is 9.88 Å². The summed E-state index contributed by atoms with van der Waals surface area (Å²) in [5.74, 6) is 0.815. The smallest absolute Gasteiger partial charge is 0.259 e. The highest BCUT2D eigenvalue weighted by Crippen LogP contribution is 2.47.